The molecule has 0 bridgehead atoms. The fraction of sp³-hybridized carbons (Fsp3) is 0.125. The van der Waals surface area contributed by atoms with Crippen LogP contribution in [0, 0.1) is 49.4 Å². The van der Waals surface area contributed by atoms with Crippen LogP contribution in [-0.2, 0) is 4.79 Å². The minimum Gasteiger partial charge on any atom is 0 e. The third-order valence-electron chi connectivity index (χ3n) is 1.11. The van der Waals surface area contributed by atoms with Crippen LogP contribution in [0.2, 0.25) is 0 Å². The largest absolute Gasteiger partial charge is 0 e. The summed E-state index contributed by atoms with van der Waals surface area (Å²) in [5, 5.41) is 11.1. The summed E-state index contributed by atoms with van der Waals surface area (Å²) in [6.45, 7) is 1.41. The van der Waals surface area contributed by atoms with Crippen molar-refractivity contribution in [2.75, 3.05) is 0 Å². The fourth-order valence-electron chi connectivity index (χ4n) is 0.688. The Morgan fingerprint density at radius 3 is 2.47 bits per heavy atom. The Bertz CT molecular complexity index is 301. The van der Waals surface area contributed by atoms with Gasteiger partial charge in [-0.05, 0) is 18.4 Å². The van der Waals surface area contributed by atoms with Crippen LogP contribution >= 0.6 is 61.8 Å². The number of carbonyl (C=O) groups excluding carboxylic acids is 1. The van der Waals surface area contributed by atoms with Crippen molar-refractivity contribution >= 4 is 73.4 Å². The van der Waals surface area contributed by atoms with Crippen LogP contribution in [0.15, 0.2) is 23.6 Å². The van der Waals surface area contributed by atoms with Crippen LogP contribution in [-0.4, -0.2) is 10.9 Å². The summed E-state index contributed by atoms with van der Waals surface area (Å²) in [5.74, 6) is -0.0941. The van der Waals surface area contributed by atoms with Crippen LogP contribution in [0.5, 0.6) is 0 Å². The molecule has 87 valence electrons. The van der Waals surface area contributed by atoms with Crippen LogP contribution in [0.4, 0.5) is 0 Å². The van der Waals surface area contributed by atoms with Crippen molar-refractivity contribution in [2.45, 2.75) is 6.92 Å². The summed E-state index contributed by atoms with van der Waals surface area (Å²) in [7, 11) is 0. The number of hydrogen-bond acceptors (Lipinski definition) is 3. The van der Waals surface area contributed by atoms with Crippen molar-refractivity contribution in [1.82, 2.24) is 0 Å². The van der Waals surface area contributed by atoms with E-state index >= 15 is 0 Å². The zero-order valence-corrected chi connectivity index (χ0v) is 17.5. The summed E-state index contributed by atoms with van der Waals surface area (Å²) in [6.07, 6.45) is 1.21. The Morgan fingerprint density at radius 1 is 1.60 bits per heavy atom. The van der Waals surface area contributed by atoms with Crippen LogP contribution in [0.3, 0.4) is 0 Å². The van der Waals surface area contributed by atoms with Crippen molar-refractivity contribution in [1.29, 1.82) is 0 Å². The first-order chi connectivity index (χ1) is 6.61. The maximum atomic E-state index is 10.5. The van der Waals surface area contributed by atoms with Gasteiger partial charge in [-0.15, -0.1) is 11.3 Å². The number of allylic oxidation sites excluding steroid dienone is 1. The molecular weight excluding hydrogens is 693 g/mol. The third-order valence-corrected chi connectivity index (χ3v) is 2.01. The summed E-state index contributed by atoms with van der Waals surface area (Å²) in [5.41, 5.74) is 0. The summed E-state index contributed by atoms with van der Waals surface area (Å²) < 4.78 is 0. The Morgan fingerprint density at radius 2 is 2.13 bits per heavy atom. The second-order valence-electron chi connectivity index (χ2n) is 2.18. The van der Waals surface area contributed by atoms with E-state index in [1.165, 1.54) is 24.3 Å². The smallest absolute Gasteiger partial charge is 0 e. The average molecular weight is 702 g/mol. The van der Waals surface area contributed by atoms with E-state index < -0.39 is 0 Å². The van der Waals surface area contributed by atoms with Crippen molar-refractivity contribution in [3.63, 3.8) is 0 Å². The summed E-state index contributed by atoms with van der Waals surface area (Å²) in [4.78, 5) is 11.2. The Hall–Kier alpha value is 2.68. The van der Waals surface area contributed by atoms with Gasteiger partial charge in [-0.2, -0.15) is 0 Å². The Balaban J connectivity index is 0. The number of halogens is 3. The molecule has 0 saturated carbocycles. The molecule has 1 N–H and O–H groups in total. The number of aliphatic hydroxyl groups excluding tert-OH is 1. The molecule has 1 heterocycles. The predicted octanol–water partition coefficient (Wildman–Crippen LogP) is 4.63. The van der Waals surface area contributed by atoms with E-state index in [1.807, 2.05) is 11.4 Å². The normalized spacial score (nSPS) is 9.93. The molecule has 1 aromatic rings. The maximum absolute atomic E-state index is 10.5. The minimum atomic E-state index is -0.143. The molecule has 0 unspecified atom stereocenters. The number of aliphatic hydroxyl groups is 1. The van der Waals surface area contributed by atoms with Gasteiger partial charge in [0.15, 0.2) is 5.78 Å². The number of ketones is 1. The molecule has 0 saturated heterocycles. The summed E-state index contributed by atoms with van der Waals surface area (Å²) in [6, 6.07) is 3.59. The molecule has 2 nitrogen and oxygen atoms in total. The van der Waals surface area contributed by atoms with E-state index in [-0.39, 0.29) is 60.9 Å². The van der Waals surface area contributed by atoms with Gasteiger partial charge in [-0.3, -0.25) is 4.79 Å². The van der Waals surface area contributed by atoms with Gasteiger partial charge < -0.3 is 5.11 Å². The molecule has 0 aliphatic carbocycles. The second kappa shape index (κ2) is 13.1. The standard InChI is InChI=1S/C8H8O2S.Eu.HI3/c1-6(9)5-7(10)8-3-2-4-11-8;;1-3-2/h2-5,10H,1H3;;3H/b7-5-;;. The van der Waals surface area contributed by atoms with Crippen LogP contribution in [0.1, 0.15) is 11.8 Å². The molecule has 0 fully saturated rings. The molecule has 0 aliphatic heterocycles. The van der Waals surface area contributed by atoms with Gasteiger partial charge in [0, 0.05) is 55.5 Å². The first kappa shape index (κ1) is 20.0. The fourth-order valence-corrected chi connectivity index (χ4v) is 1.33. The Kier molecular flexibility index (Phi) is 17.5. The van der Waals surface area contributed by atoms with Crippen molar-refractivity contribution in [3.05, 3.63) is 28.5 Å². The second-order valence-corrected chi connectivity index (χ2v) is 20.7. The molecule has 1 aromatic heterocycles. The maximum Gasteiger partial charge on any atom is 0 e. The number of rotatable bonds is 2. The van der Waals surface area contributed by atoms with E-state index in [0.717, 1.165) is 4.88 Å². The molecule has 0 spiro atoms. The Labute approximate surface area is 164 Å². The topological polar surface area (TPSA) is 37.3 Å². The molecule has 1 radical (unpaired) electrons. The molecule has 0 amide bonds. The zero-order valence-electron chi connectivity index (χ0n) is 7.62. The van der Waals surface area contributed by atoms with E-state index in [9.17, 15) is 9.90 Å². The minimum absolute atomic E-state index is 0. The molecule has 1 rings (SSSR count). The first-order valence-electron chi connectivity index (χ1n) is 3.46. The van der Waals surface area contributed by atoms with Crippen LogP contribution < -0.4 is 0 Å². The molecule has 0 aromatic carbocycles. The van der Waals surface area contributed by atoms with Gasteiger partial charge in [-0.1, -0.05) is 6.07 Å². The molecular formula is C8H9EuI3O2S. The SMILES string of the molecule is CC(=O)/C=C(\O)c1cccs1.I[IH]I.[Eu]. The monoisotopic (exact) mass is 703 g/mol. The van der Waals surface area contributed by atoms with Gasteiger partial charge in [0.05, 0.1) is 4.88 Å². The van der Waals surface area contributed by atoms with E-state index in [4.69, 9.17) is 0 Å². The van der Waals surface area contributed by atoms with Crippen molar-refractivity contribution in [2.24, 2.45) is 0 Å². The van der Waals surface area contributed by atoms with Gasteiger partial charge in [0.25, 0.3) is 0 Å². The summed E-state index contributed by atoms with van der Waals surface area (Å²) >= 11 is 6.62. The van der Waals surface area contributed by atoms with Gasteiger partial charge in [-0.25, -0.2) is 0 Å². The van der Waals surface area contributed by atoms with E-state index in [0.29, 0.717) is 13.3 Å². The van der Waals surface area contributed by atoms with Gasteiger partial charge in [0.1, 0.15) is 5.76 Å². The molecule has 0 atom stereocenters. The van der Waals surface area contributed by atoms with Gasteiger partial charge in [0.2, 0.25) is 0 Å². The van der Waals surface area contributed by atoms with Crippen molar-refractivity contribution < 1.29 is 59.3 Å². The number of carbonyl (C=O) groups is 1. The number of hydrogen-bond donors (Lipinski definition) is 1. The molecule has 15 heavy (non-hydrogen) atoms. The first-order valence-corrected chi connectivity index (χ1v) is 17.9. The van der Waals surface area contributed by atoms with Crippen molar-refractivity contribution in [3.8, 4) is 0 Å². The zero-order chi connectivity index (χ0) is 11.0. The predicted molar refractivity (Wildman–Crippen MR) is 89.1 cm³/mol. The third kappa shape index (κ3) is 11.5. The quantitative estimate of drug-likeness (QED) is 0.278. The van der Waals surface area contributed by atoms with Gasteiger partial charge >= 0.3 is 50.5 Å². The van der Waals surface area contributed by atoms with E-state index in [2.05, 4.69) is 37.2 Å². The molecule has 0 aliphatic rings. The van der Waals surface area contributed by atoms with Crippen LogP contribution in [0.25, 0.3) is 5.76 Å². The molecule has 7 heteroatoms. The van der Waals surface area contributed by atoms with E-state index in [1.54, 1.807) is 6.07 Å². The average Bonchev–Trinajstić information content (AvgIpc) is 2.55. The number of thiophene rings is 1.